The van der Waals surface area contributed by atoms with E-state index in [-0.39, 0.29) is 5.91 Å². The van der Waals surface area contributed by atoms with Gasteiger partial charge in [-0.05, 0) is 42.1 Å². The quantitative estimate of drug-likeness (QED) is 0.492. The third-order valence-electron chi connectivity index (χ3n) is 4.06. The smallest absolute Gasteiger partial charge is 0.290 e. The van der Waals surface area contributed by atoms with Crippen LogP contribution in [-0.4, -0.2) is 17.4 Å². The predicted octanol–water partition coefficient (Wildman–Crippen LogP) is 4.97. The molecule has 1 amide bonds. The van der Waals surface area contributed by atoms with Crippen molar-refractivity contribution in [2.45, 2.75) is 13.0 Å². The summed E-state index contributed by atoms with van der Waals surface area (Å²) in [5.74, 6) is 0.999. The molecule has 4 nitrogen and oxygen atoms in total. The lowest BCUT2D eigenvalue weighted by molar-refractivity contribution is 0.0704. The lowest BCUT2D eigenvalue weighted by Gasteiger charge is -2.20. The summed E-state index contributed by atoms with van der Waals surface area (Å²) in [6.07, 6.45) is 2.43. The Kier molecular flexibility index (Phi) is 4.39. The predicted molar refractivity (Wildman–Crippen MR) is 97.7 cm³/mol. The number of para-hydroxylation sites is 1. The van der Waals surface area contributed by atoms with Crippen molar-refractivity contribution in [2.24, 2.45) is 0 Å². The lowest BCUT2D eigenvalue weighted by Crippen LogP contribution is -2.32. The minimum absolute atomic E-state index is 0.121. The number of furan rings is 2. The number of benzene rings is 1. The van der Waals surface area contributed by atoms with Gasteiger partial charge in [0.05, 0.1) is 12.8 Å². The summed E-state index contributed by atoms with van der Waals surface area (Å²) in [6.45, 7) is 1.03. The number of nitrogens with zero attached hydrogens (tertiary/aromatic N) is 1. The highest BCUT2D eigenvalue weighted by Gasteiger charge is 2.21. The van der Waals surface area contributed by atoms with Crippen molar-refractivity contribution < 1.29 is 13.6 Å². The summed E-state index contributed by atoms with van der Waals surface area (Å²) < 4.78 is 11.2. The van der Waals surface area contributed by atoms with Crippen molar-refractivity contribution in [3.8, 4) is 0 Å². The summed E-state index contributed by atoms with van der Waals surface area (Å²) in [5, 5.41) is 2.98. The molecule has 0 atom stereocenters. The van der Waals surface area contributed by atoms with Gasteiger partial charge in [-0.15, -0.1) is 11.3 Å². The molecule has 126 valence electrons. The van der Waals surface area contributed by atoms with Crippen molar-refractivity contribution in [2.75, 3.05) is 6.54 Å². The maximum atomic E-state index is 13.0. The van der Waals surface area contributed by atoms with Crippen LogP contribution < -0.4 is 0 Å². The highest BCUT2D eigenvalue weighted by Crippen LogP contribution is 2.21. The standard InChI is InChI=1S/C20H17NO3S/c22-20(19-13-15-5-1-2-8-18(15)24-19)21(14-16-6-3-11-23-16)10-9-17-7-4-12-25-17/h1-8,11-13H,9-10,14H2. The zero-order chi connectivity index (χ0) is 17.1. The zero-order valence-corrected chi connectivity index (χ0v) is 14.4. The van der Waals surface area contributed by atoms with Crippen LogP contribution in [0, 0.1) is 0 Å². The van der Waals surface area contributed by atoms with Gasteiger partial charge in [-0.25, -0.2) is 0 Å². The van der Waals surface area contributed by atoms with Crippen LogP contribution in [0.4, 0.5) is 0 Å². The van der Waals surface area contributed by atoms with Gasteiger partial charge in [0.2, 0.25) is 0 Å². The first-order chi connectivity index (χ1) is 12.3. The summed E-state index contributed by atoms with van der Waals surface area (Å²) in [5.41, 5.74) is 0.724. The summed E-state index contributed by atoms with van der Waals surface area (Å²) in [4.78, 5) is 16.0. The average Bonchev–Trinajstić information content (AvgIpc) is 3.39. The summed E-state index contributed by atoms with van der Waals surface area (Å²) in [6, 6.07) is 17.3. The van der Waals surface area contributed by atoms with Crippen molar-refractivity contribution in [1.82, 2.24) is 4.90 Å². The molecule has 0 saturated heterocycles. The number of hydrogen-bond acceptors (Lipinski definition) is 4. The van der Waals surface area contributed by atoms with E-state index in [1.807, 2.05) is 47.8 Å². The van der Waals surface area contributed by atoms with Crippen LogP contribution in [0.1, 0.15) is 21.2 Å². The fourth-order valence-electron chi connectivity index (χ4n) is 2.79. The van der Waals surface area contributed by atoms with E-state index in [0.29, 0.717) is 18.8 Å². The molecule has 3 heterocycles. The van der Waals surface area contributed by atoms with Gasteiger partial charge in [0.15, 0.2) is 5.76 Å². The van der Waals surface area contributed by atoms with Crippen molar-refractivity contribution in [3.63, 3.8) is 0 Å². The molecule has 0 N–H and O–H groups in total. The molecule has 5 heteroatoms. The van der Waals surface area contributed by atoms with E-state index in [1.54, 1.807) is 28.6 Å². The molecule has 25 heavy (non-hydrogen) atoms. The van der Waals surface area contributed by atoms with Gasteiger partial charge in [0.1, 0.15) is 11.3 Å². The van der Waals surface area contributed by atoms with Crippen LogP contribution in [-0.2, 0) is 13.0 Å². The van der Waals surface area contributed by atoms with Gasteiger partial charge >= 0.3 is 0 Å². The molecule has 0 radical (unpaired) electrons. The van der Waals surface area contributed by atoms with Gasteiger partial charge in [-0.1, -0.05) is 24.3 Å². The van der Waals surface area contributed by atoms with Gasteiger partial charge < -0.3 is 13.7 Å². The van der Waals surface area contributed by atoms with E-state index >= 15 is 0 Å². The molecular formula is C20H17NO3S. The van der Waals surface area contributed by atoms with E-state index in [2.05, 4.69) is 6.07 Å². The van der Waals surface area contributed by atoms with Gasteiger partial charge in [0.25, 0.3) is 5.91 Å². The van der Waals surface area contributed by atoms with E-state index < -0.39 is 0 Å². The van der Waals surface area contributed by atoms with Crippen molar-refractivity contribution >= 4 is 28.2 Å². The van der Waals surface area contributed by atoms with Gasteiger partial charge in [-0.2, -0.15) is 0 Å². The lowest BCUT2D eigenvalue weighted by atomic mass is 10.2. The van der Waals surface area contributed by atoms with Crippen molar-refractivity contribution in [1.29, 1.82) is 0 Å². The number of fused-ring (bicyclic) bond motifs is 1. The highest BCUT2D eigenvalue weighted by atomic mass is 32.1. The van der Waals surface area contributed by atoms with Crippen LogP contribution >= 0.6 is 11.3 Å². The zero-order valence-electron chi connectivity index (χ0n) is 13.6. The van der Waals surface area contributed by atoms with Gasteiger partial charge in [0, 0.05) is 16.8 Å². The molecule has 0 bridgehead atoms. The van der Waals surface area contributed by atoms with Crippen LogP contribution in [0.25, 0.3) is 11.0 Å². The Hall–Kier alpha value is -2.79. The minimum atomic E-state index is -0.121. The fraction of sp³-hybridized carbons (Fsp3) is 0.150. The Labute approximate surface area is 149 Å². The highest BCUT2D eigenvalue weighted by molar-refractivity contribution is 7.09. The first kappa shape index (κ1) is 15.7. The molecule has 0 fully saturated rings. The SMILES string of the molecule is O=C(c1cc2ccccc2o1)N(CCc1cccs1)Cc1ccco1. The first-order valence-electron chi connectivity index (χ1n) is 8.12. The number of carbonyl (C=O) groups is 1. The maximum absolute atomic E-state index is 13.0. The average molecular weight is 351 g/mol. The number of rotatable bonds is 6. The summed E-state index contributed by atoms with van der Waals surface area (Å²) >= 11 is 1.70. The number of amides is 1. The normalized spacial score (nSPS) is 11.0. The molecule has 0 unspecified atom stereocenters. The monoisotopic (exact) mass is 351 g/mol. The van der Waals surface area contributed by atoms with Gasteiger partial charge in [-0.3, -0.25) is 4.79 Å². The second-order valence-electron chi connectivity index (χ2n) is 5.78. The third kappa shape index (κ3) is 3.51. The molecule has 0 aliphatic rings. The molecule has 3 aromatic heterocycles. The number of thiophene rings is 1. The minimum Gasteiger partial charge on any atom is -0.467 e. The Morgan fingerprint density at radius 2 is 2.00 bits per heavy atom. The second-order valence-corrected chi connectivity index (χ2v) is 6.82. The fourth-order valence-corrected chi connectivity index (χ4v) is 3.48. The first-order valence-corrected chi connectivity index (χ1v) is 9.00. The molecule has 0 aliphatic carbocycles. The molecule has 4 rings (SSSR count). The number of carbonyl (C=O) groups excluding carboxylic acids is 1. The van der Waals surface area contributed by atoms with E-state index in [1.165, 1.54) is 4.88 Å². The number of hydrogen-bond donors (Lipinski definition) is 0. The van der Waals surface area contributed by atoms with E-state index in [9.17, 15) is 4.79 Å². The molecular weight excluding hydrogens is 334 g/mol. The molecule has 4 aromatic rings. The van der Waals surface area contributed by atoms with Crippen LogP contribution in [0.15, 0.2) is 75.1 Å². The van der Waals surface area contributed by atoms with Crippen LogP contribution in [0.5, 0.6) is 0 Å². The molecule has 1 aromatic carbocycles. The Morgan fingerprint density at radius 3 is 2.76 bits per heavy atom. The Balaban J connectivity index is 1.57. The second kappa shape index (κ2) is 6.99. The maximum Gasteiger partial charge on any atom is 0.290 e. The topological polar surface area (TPSA) is 46.6 Å². The Bertz CT molecular complexity index is 921. The van der Waals surface area contributed by atoms with Crippen molar-refractivity contribution in [3.05, 3.63) is 82.6 Å². The van der Waals surface area contributed by atoms with E-state index in [4.69, 9.17) is 8.83 Å². The largest absolute Gasteiger partial charge is 0.467 e. The Morgan fingerprint density at radius 1 is 1.08 bits per heavy atom. The molecule has 0 spiro atoms. The molecule has 0 aliphatic heterocycles. The summed E-state index contributed by atoms with van der Waals surface area (Å²) in [7, 11) is 0. The van der Waals surface area contributed by atoms with Crippen LogP contribution in [0.3, 0.4) is 0 Å². The van der Waals surface area contributed by atoms with E-state index in [0.717, 1.165) is 23.2 Å². The molecule has 0 saturated carbocycles. The van der Waals surface area contributed by atoms with Crippen LogP contribution in [0.2, 0.25) is 0 Å². The third-order valence-corrected chi connectivity index (χ3v) is 4.99.